The predicted octanol–water partition coefficient (Wildman–Crippen LogP) is 8.24. The van der Waals surface area contributed by atoms with E-state index in [1.165, 1.54) is 83.5 Å². The second-order valence-corrected chi connectivity index (χ2v) is 13.1. The van der Waals surface area contributed by atoms with Gasteiger partial charge in [-0.3, -0.25) is 9.59 Å². The van der Waals surface area contributed by atoms with Crippen molar-refractivity contribution in [2.24, 2.45) is 0 Å². The minimum atomic E-state index is -0.874. The van der Waals surface area contributed by atoms with E-state index in [0.29, 0.717) is 19.3 Å². The van der Waals surface area contributed by atoms with Crippen LogP contribution in [0.3, 0.4) is 0 Å². The first-order chi connectivity index (χ1) is 20.6. The number of carbonyl (C=O) groups excluding carboxylic acids is 2. The van der Waals surface area contributed by atoms with Crippen LogP contribution in [0.15, 0.2) is 0 Å². The number of nitrogens with zero attached hydrogens (tertiary/aromatic N) is 1. The van der Waals surface area contributed by atoms with E-state index in [9.17, 15) is 19.5 Å². The molecule has 8 nitrogen and oxygen atoms in total. The number of aliphatic carboxylic acids is 1. The summed E-state index contributed by atoms with van der Waals surface area (Å²) in [6, 6.07) is -0.605. The van der Waals surface area contributed by atoms with Crippen LogP contribution in [0.5, 0.6) is 0 Å². The van der Waals surface area contributed by atoms with Gasteiger partial charge in [0.05, 0.1) is 34.4 Å². The summed E-state index contributed by atoms with van der Waals surface area (Å²) in [6.45, 7) is 4.69. The van der Waals surface area contributed by atoms with Gasteiger partial charge in [-0.2, -0.15) is 0 Å². The van der Waals surface area contributed by atoms with E-state index in [0.717, 1.165) is 38.5 Å². The molecule has 0 aliphatic carbocycles. The summed E-state index contributed by atoms with van der Waals surface area (Å²) in [5.41, 5.74) is 0. The van der Waals surface area contributed by atoms with Crippen molar-refractivity contribution in [2.75, 3.05) is 41.0 Å². The molecular formula is C35H68NO7+. The van der Waals surface area contributed by atoms with Crippen molar-refractivity contribution in [3.8, 4) is 0 Å². The van der Waals surface area contributed by atoms with Crippen LogP contribution in [0.2, 0.25) is 0 Å². The molecule has 0 aromatic carbocycles. The Bertz CT molecular complexity index is 692. The number of rotatable bonds is 31. The van der Waals surface area contributed by atoms with Gasteiger partial charge >= 0.3 is 17.9 Å². The molecule has 0 aromatic heterocycles. The Kier molecular flexibility index (Phi) is 26.8. The number of hydrogen-bond donors (Lipinski definition) is 1. The molecule has 0 heterocycles. The van der Waals surface area contributed by atoms with E-state index >= 15 is 0 Å². The Hall–Kier alpha value is -1.67. The number of hydrogen-bond acceptors (Lipinski definition) is 6. The van der Waals surface area contributed by atoms with Crippen LogP contribution < -0.4 is 0 Å². The van der Waals surface area contributed by atoms with E-state index in [1.807, 2.05) is 21.1 Å². The molecular weight excluding hydrogens is 546 g/mol. The van der Waals surface area contributed by atoms with Gasteiger partial charge in [0.15, 0.2) is 12.1 Å². The average molecular weight is 615 g/mol. The normalized spacial score (nSPS) is 13.0. The highest BCUT2D eigenvalue weighted by Gasteiger charge is 2.31. The van der Waals surface area contributed by atoms with Crippen molar-refractivity contribution in [2.45, 2.75) is 167 Å². The van der Waals surface area contributed by atoms with Gasteiger partial charge in [0.2, 0.25) is 0 Å². The Morgan fingerprint density at radius 1 is 0.605 bits per heavy atom. The highest BCUT2D eigenvalue weighted by molar-refractivity contribution is 5.72. The standard InChI is InChI=1S/C35H67NO7/c1-6-8-10-12-14-16-18-20-22-24-26-34(38)43-31(29-41-28-27-32(35(39)40)36(3,4)5)30-42-33(37)25-23-21-19-17-15-13-11-9-7-2/h31-32H,6-30H2,1-5H3/p+1. The van der Waals surface area contributed by atoms with Crippen molar-refractivity contribution < 1.29 is 38.2 Å². The monoisotopic (exact) mass is 614 g/mol. The van der Waals surface area contributed by atoms with Crippen LogP contribution in [0, 0.1) is 0 Å². The first-order valence-corrected chi connectivity index (χ1v) is 17.6. The number of quaternary nitrogens is 1. The Morgan fingerprint density at radius 2 is 1.02 bits per heavy atom. The first kappa shape index (κ1) is 41.3. The molecule has 2 atom stereocenters. The van der Waals surface area contributed by atoms with E-state index in [2.05, 4.69) is 13.8 Å². The zero-order chi connectivity index (χ0) is 32.2. The number of likely N-dealkylation sites (N-methyl/N-ethyl adjacent to an activating group) is 1. The van der Waals surface area contributed by atoms with Crippen LogP contribution in [0.25, 0.3) is 0 Å². The lowest BCUT2D eigenvalue weighted by Crippen LogP contribution is -2.50. The maximum absolute atomic E-state index is 12.6. The summed E-state index contributed by atoms with van der Waals surface area (Å²) < 4.78 is 17.1. The van der Waals surface area contributed by atoms with Crippen molar-refractivity contribution in [3.05, 3.63) is 0 Å². The molecule has 0 amide bonds. The summed E-state index contributed by atoms with van der Waals surface area (Å²) >= 11 is 0. The number of carboxylic acids is 1. The third-order valence-corrected chi connectivity index (χ3v) is 8.01. The summed E-state index contributed by atoms with van der Waals surface area (Å²) in [5.74, 6) is -1.46. The molecule has 0 saturated carbocycles. The highest BCUT2D eigenvalue weighted by Crippen LogP contribution is 2.14. The van der Waals surface area contributed by atoms with Gasteiger partial charge in [-0.1, -0.05) is 123 Å². The second kappa shape index (κ2) is 27.8. The Labute approximate surface area is 264 Å². The summed E-state index contributed by atoms with van der Waals surface area (Å²) in [6.07, 6.45) is 22.8. The topological polar surface area (TPSA) is 99.1 Å². The highest BCUT2D eigenvalue weighted by atomic mass is 16.6. The van der Waals surface area contributed by atoms with Crippen LogP contribution in [0.1, 0.15) is 155 Å². The zero-order valence-electron chi connectivity index (χ0n) is 28.7. The van der Waals surface area contributed by atoms with Gasteiger partial charge in [0.1, 0.15) is 6.61 Å². The first-order valence-electron chi connectivity index (χ1n) is 17.6. The van der Waals surface area contributed by atoms with Crippen molar-refractivity contribution >= 4 is 17.9 Å². The molecule has 0 radical (unpaired) electrons. The molecule has 0 aliphatic rings. The van der Waals surface area contributed by atoms with Gasteiger partial charge < -0.3 is 23.8 Å². The number of carboxylic acid groups (broad SMARTS) is 1. The molecule has 0 spiro atoms. The Morgan fingerprint density at radius 3 is 1.44 bits per heavy atom. The van der Waals surface area contributed by atoms with Crippen LogP contribution >= 0.6 is 0 Å². The third-order valence-electron chi connectivity index (χ3n) is 8.01. The van der Waals surface area contributed by atoms with E-state index in [1.54, 1.807) is 0 Å². The summed E-state index contributed by atoms with van der Waals surface area (Å²) in [7, 11) is 5.51. The van der Waals surface area contributed by atoms with Crippen molar-refractivity contribution in [1.29, 1.82) is 0 Å². The van der Waals surface area contributed by atoms with E-state index < -0.39 is 18.1 Å². The van der Waals surface area contributed by atoms with Gasteiger partial charge in [-0.15, -0.1) is 0 Å². The minimum Gasteiger partial charge on any atom is -0.477 e. The summed E-state index contributed by atoms with van der Waals surface area (Å²) in [5, 5.41) is 9.54. The second-order valence-electron chi connectivity index (χ2n) is 13.1. The van der Waals surface area contributed by atoms with Crippen LogP contribution in [-0.4, -0.2) is 80.6 Å². The van der Waals surface area contributed by atoms with Crippen molar-refractivity contribution in [1.82, 2.24) is 0 Å². The average Bonchev–Trinajstić information content (AvgIpc) is 2.94. The minimum absolute atomic E-state index is 0.0439. The molecule has 0 aliphatic heterocycles. The fraction of sp³-hybridized carbons (Fsp3) is 0.914. The maximum atomic E-state index is 12.6. The molecule has 0 aromatic rings. The predicted molar refractivity (Wildman–Crippen MR) is 174 cm³/mol. The van der Waals surface area contributed by atoms with E-state index in [-0.39, 0.29) is 36.2 Å². The molecule has 1 N–H and O–H groups in total. The van der Waals surface area contributed by atoms with Gasteiger partial charge in [-0.25, -0.2) is 4.79 Å². The molecule has 2 unspecified atom stereocenters. The van der Waals surface area contributed by atoms with Gasteiger partial charge in [-0.05, 0) is 12.8 Å². The smallest absolute Gasteiger partial charge is 0.362 e. The van der Waals surface area contributed by atoms with E-state index in [4.69, 9.17) is 14.2 Å². The van der Waals surface area contributed by atoms with Crippen molar-refractivity contribution in [3.63, 3.8) is 0 Å². The zero-order valence-corrected chi connectivity index (χ0v) is 28.7. The number of unbranched alkanes of at least 4 members (excludes halogenated alkanes) is 17. The molecule has 43 heavy (non-hydrogen) atoms. The largest absolute Gasteiger partial charge is 0.477 e. The SMILES string of the molecule is CCCCCCCCCCCCC(=O)OC(COCCC(C(=O)O)[N+](C)(C)C)COC(=O)CCCCCCCCCCC. The quantitative estimate of drug-likeness (QED) is 0.0477. The maximum Gasteiger partial charge on any atom is 0.362 e. The lowest BCUT2D eigenvalue weighted by atomic mass is 10.1. The number of ether oxygens (including phenoxy) is 3. The van der Waals surface area contributed by atoms with Gasteiger partial charge in [0.25, 0.3) is 0 Å². The molecule has 0 rings (SSSR count). The third kappa shape index (κ3) is 26.5. The molecule has 0 bridgehead atoms. The van der Waals surface area contributed by atoms with Crippen LogP contribution in [0.4, 0.5) is 0 Å². The number of carbonyl (C=O) groups is 3. The summed E-state index contributed by atoms with van der Waals surface area (Å²) in [4.78, 5) is 36.5. The molecule has 0 fully saturated rings. The fourth-order valence-corrected chi connectivity index (χ4v) is 5.21. The fourth-order valence-electron chi connectivity index (χ4n) is 5.21. The molecule has 0 saturated heterocycles. The molecule has 254 valence electrons. The van der Waals surface area contributed by atoms with Crippen LogP contribution in [-0.2, 0) is 28.6 Å². The lowest BCUT2D eigenvalue weighted by molar-refractivity contribution is -0.887. The lowest BCUT2D eigenvalue weighted by Gasteiger charge is -2.31. The van der Waals surface area contributed by atoms with Gasteiger partial charge in [0, 0.05) is 19.3 Å². The Balaban J connectivity index is 4.46. The molecule has 8 heteroatoms. The number of esters is 2.